The van der Waals surface area contributed by atoms with Gasteiger partial charge >= 0.3 is 0 Å². The standard InChI is InChI=1S/C22H23N3O4S/c1-14-11-15(2)13-19(12-14)25-30(27,28)20-8-5-18(6-9-20)7-10-21-22(23-17(4)26)16(3)24-29-21/h5-13,25H,1-4H3,(H,23,26). The third kappa shape index (κ3) is 5.15. The lowest BCUT2D eigenvalue weighted by molar-refractivity contribution is -0.114. The number of amides is 1. The highest BCUT2D eigenvalue weighted by Gasteiger charge is 2.15. The third-order valence-electron chi connectivity index (χ3n) is 4.28. The second kappa shape index (κ2) is 8.54. The number of anilines is 2. The minimum Gasteiger partial charge on any atom is -0.354 e. The van der Waals surface area contributed by atoms with Gasteiger partial charge in [0.15, 0.2) is 5.76 Å². The van der Waals surface area contributed by atoms with Gasteiger partial charge in [-0.05, 0) is 67.8 Å². The monoisotopic (exact) mass is 425 g/mol. The summed E-state index contributed by atoms with van der Waals surface area (Å²) in [5.74, 6) is 0.192. The molecule has 0 radical (unpaired) electrons. The SMILES string of the molecule is CC(=O)Nc1c(C)noc1C=Cc1ccc(S(=O)(=O)Nc2cc(C)cc(C)c2)cc1. The van der Waals surface area contributed by atoms with Gasteiger partial charge in [-0.1, -0.05) is 29.4 Å². The van der Waals surface area contributed by atoms with E-state index in [9.17, 15) is 13.2 Å². The number of carbonyl (C=O) groups excluding carboxylic acids is 1. The number of sulfonamides is 1. The van der Waals surface area contributed by atoms with Crippen LogP contribution < -0.4 is 10.0 Å². The van der Waals surface area contributed by atoms with E-state index >= 15 is 0 Å². The van der Waals surface area contributed by atoms with Crippen LogP contribution in [0.25, 0.3) is 12.2 Å². The zero-order valence-electron chi connectivity index (χ0n) is 17.2. The number of nitrogens with one attached hydrogen (secondary N) is 2. The van der Waals surface area contributed by atoms with Crippen LogP contribution in [0.15, 0.2) is 51.9 Å². The molecule has 156 valence electrons. The van der Waals surface area contributed by atoms with Crippen LogP contribution in [-0.4, -0.2) is 19.5 Å². The van der Waals surface area contributed by atoms with Crippen molar-refractivity contribution in [3.8, 4) is 0 Å². The molecule has 2 aromatic carbocycles. The fourth-order valence-electron chi connectivity index (χ4n) is 3.01. The van der Waals surface area contributed by atoms with Gasteiger partial charge in [0.1, 0.15) is 11.4 Å². The molecule has 0 aliphatic carbocycles. The van der Waals surface area contributed by atoms with Gasteiger partial charge in [-0.25, -0.2) is 8.42 Å². The molecule has 0 atom stereocenters. The minimum absolute atomic E-state index is 0.160. The maximum atomic E-state index is 12.7. The lowest BCUT2D eigenvalue weighted by Crippen LogP contribution is -2.13. The first-order valence-corrected chi connectivity index (χ1v) is 10.8. The Bertz CT molecular complexity index is 1190. The summed E-state index contributed by atoms with van der Waals surface area (Å²) < 4.78 is 33.2. The summed E-state index contributed by atoms with van der Waals surface area (Å²) in [5, 5.41) is 6.54. The lowest BCUT2D eigenvalue weighted by Gasteiger charge is -2.10. The fraction of sp³-hybridized carbons (Fsp3) is 0.182. The quantitative estimate of drug-likeness (QED) is 0.604. The summed E-state index contributed by atoms with van der Waals surface area (Å²) in [5.41, 5.74) is 4.34. The van der Waals surface area contributed by atoms with Crippen LogP contribution in [-0.2, 0) is 14.8 Å². The minimum atomic E-state index is -3.70. The molecule has 0 aliphatic rings. The summed E-state index contributed by atoms with van der Waals surface area (Å²) >= 11 is 0. The van der Waals surface area contributed by atoms with E-state index in [1.165, 1.54) is 19.1 Å². The van der Waals surface area contributed by atoms with E-state index in [1.54, 1.807) is 43.3 Å². The maximum absolute atomic E-state index is 12.7. The van der Waals surface area contributed by atoms with Gasteiger partial charge in [0.25, 0.3) is 10.0 Å². The molecule has 2 N–H and O–H groups in total. The molecule has 0 unspecified atom stereocenters. The van der Waals surface area contributed by atoms with E-state index in [-0.39, 0.29) is 10.8 Å². The van der Waals surface area contributed by atoms with Crippen LogP contribution in [0.1, 0.15) is 35.1 Å². The molecule has 8 heteroatoms. The van der Waals surface area contributed by atoms with Gasteiger partial charge < -0.3 is 9.84 Å². The van der Waals surface area contributed by atoms with Crippen LogP contribution in [0.3, 0.4) is 0 Å². The van der Waals surface area contributed by atoms with Crippen LogP contribution in [0.4, 0.5) is 11.4 Å². The highest BCUT2D eigenvalue weighted by Crippen LogP contribution is 2.23. The molecule has 0 aliphatic heterocycles. The zero-order valence-corrected chi connectivity index (χ0v) is 18.0. The van der Waals surface area contributed by atoms with Crippen molar-refractivity contribution >= 4 is 39.5 Å². The number of hydrogen-bond acceptors (Lipinski definition) is 5. The number of hydrogen-bond donors (Lipinski definition) is 2. The van der Waals surface area contributed by atoms with Crippen LogP contribution in [0.5, 0.6) is 0 Å². The molecule has 0 saturated heterocycles. The molecule has 30 heavy (non-hydrogen) atoms. The van der Waals surface area contributed by atoms with Crippen molar-refractivity contribution in [3.05, 3.63) is 70.6 Å². The van der Waals surface area contributed by atoms with Crippen molar-refractivity contribution in [2.45, 2.75) is 32.6 Å². The first-order valence-electron chi connectivity index (χ1n) is 9.27. The molecular formula is C22H23N3O4S. The Hall–Kier alpha value is -3.39. The van der Waals surface area contributed by atoms with Crippen molar-refractivity contribution in [3.63, 3.8) is 0 Å². The van der Waals surface area contributed by atoms with Crippen LogP contribution >= 0.6 is 0 Å². The van der Waals surface area contributed by atoms with Gasteiger partial charge in [0.05, 0.1) is 4.90 Å². The zero-order chi connectivity index (χ0) is 21.9. The Morgan fingerprint density at radius 2 is 1.63 bits per heavy atom. The molecule has 1 heterocycles. The van der Waals surface area contributed by atoms with Crippen molar-refractivity contribution in [2.75, 3.05) is 10.0 Å². The second-order valence-electron chi connectivity index (χ2n) is 7.07. The van der Waals surface area contributed by atoms with Crippen molar-refractivity contribution in [1.29, 1.82) is 0 Å². The molecule has 3 rings (SSSR count). The van der Waals surface area contributed by atoms with Crippen molar-refractivity contribution < 1.29 is 17.7 Å². The average molecular weight is 426 g/mol. The Kier molecular flexibility index (Phi) is 6.07. The van der Waals surface area contributed by atoms with E-state index in [0.29, 0.717) is 22.8 Å². The highest BCUT2D eigenvalue weighted by atomic mass is 32.2. The third-order valence-corrected chi connectivity index (χ3v) is 5.68. The van der Waals surface area contributed by atoms with E-state index in [2.05, 4.69) is 15.2 Å². The Balaban J connectivity index is 1.78. The number of rotatable bonds is 6. The summed E-state index contributed by atoms with van der Waals surface area (Å²) in [6, 6.07) is 12.0. The molecule has 0 fully saturated rings. The molecular weight excluding hydrogens is 402 g/mol. The molecule has 1 aromatic heterocycles. The molecule has 0 saturated carbocycles. The average Bonchev–Trinajstić information content (AvgIpc) is 2.98. The summed E-state index contributed by atoms with van der Waals surface area (Å²) in [7, 11) is -3.70. The predicted molar refractivity (Wildman–Crippen MR) is 118 cm³/mol. The Morgan fingerprint density at radius 3 is 2.23 bits per heavy atom. The number of nitrogens with zero attached hydrogens (tertiary/aromatic N) is 1. The predicted octanol–water partition coefficient (Wildman–Crippen LogP) is 4.53. The second-order valence-corrected chi connectivity index (χ2v) is 8.76. The van der Waals surface area contributed by atoms with Crippen LogP contribution in [0, 0.1) is 20.8 Å². The molecule has 0 bridgehead atoms. The molecule has 0 spiro atoms. The summed E-state index contributed by atoms with van der Waals surface area (Å²) in [6.45, 7) is 6.97. The van der Waals surface area contributed by atoms with E-state index < -0.39 is 10.0 Å². The van der Waals surface area contributed by atoms with Gasteiger partial charge in [0, 0.05) is 12.6 Å². The number of benzene rings is 2. The Morgan fingerprint density at radius 1 is 1.00 bits per heavy atom. The van der Waals surface area contributed by atoms with Gasteiger partial charge in [-0.2, -0.15) is 0 Å². The summed E-state index contributed by atoms with van der Waals surface area (Å²) in [4.78, 5) is 11.5. The fourth-order valence-corrected chi connectivity index (χ4v) is 4.05. The van der Waals surface area contributed by atoms with Crippen molar-refractivity contribution in [2.24, 2.45) is 0 Å². The topological polar surface area (TPSA) is 101 Å². The van der Waals surface area contributed by atoms with Gasteiger partial charge in [-0.3, -0.25) is 9.52 Å². The molecule has 7 nitrogen and oxygen atoms in total. The summed E-state index contributed by atoms with van der Waals surface area (Å²) in [6.07, 6.45) is 3.42. The van der Waals surface area contributed by atoms with Crippen molar-refractivity contribution in [1.82, 2.24) is 5.16 Å². The highest BCUT2D eigenvalue weighted by molar-refractivity contribution is 7.92. The smallest absolute Gasteiger partial charge is 0.261 e. The molecule has 1 amide bonds. The number of carbonyl (C=O) groups is 1. The first kappa shape index (κ1) is 21.3. The maximum Gasteiger partial charge on any atom is 0.261 e. The van der Waals surface area contributed by atoms with Crippen LogP contribution in [0.2, 0.25) is 0 Å². The lowest BCUT2D eigenvalue weighted by atomic mass is 10.1. The van der Waals surface area contributed by atoms with E-state index in [4.69, 9.17) is 4.52 Å². The normalized spacial score (nSPS) is 11.6. The van der Waals surface area contributed by atoms with Gasteiger partial charge in [0.2, 0.25) is 5.91 Å². The number of aryl methyl sites for hydroxylation is 3. The Labute approximate surface area is 175 Å². The number of aromatic nitrogens is 1. The van der Waals surface area contributed by atoms with E-state index in [0.717, 1.165) is 16.7 Å². The molecule has 3 aromatic rings. The van der Waals surface area contributed by atoms with Gasteiger partial charge in [-0.15, -0.1) is 0 Å². The van der Waals surface area contributed by atoms with E-state index in [1.807, 2.05) is 19.9 Å². The largest absolute Gasteiger partial charge is 0.354 e. The first-order chi connectivity index (χ1) is 14.1.